The van der Waals surface area contributed by atoms with Gasteiger partial charge in [0.25, 0.3) is 5.91 Å². The molecule has 0 bridgehead atoms. The Bertz CT molecular complexity index is 681. The van der Waals surface area contributed by atoms with Gasteiger partial charge in [-0.3, -0.25) is 9.89 Å². The fraction of sp³-hybridized carbons (Fsp3) is 0.231. The van der Waals surface area contributed by atoms with Gasteiger partial charge in [0.15, 0.2) is 5.69 Å². The van der Waals surface area contributed by atoms with E-state index < -0.39 is 11.7 Å². The summed E-state index contributed by atoms with van der Waals surface area (Å²) in [5.41, 5.74) is 7.49. The van der Waals surface area contributed by atoms with Crippen molar-refractivity contribution in [1.82, 2.24) is 10.2 Å². The maximum atomic E-state index is 13.3. The van der Waals surface area contributed by atoms with Crippen LogP contribution in [0.25, 0.3) is 0 Å². The van der Waals surface area contributed by atoms with E-state index in [-0.39, 0.29) is 10.7 Å². The minimum atomic E-state index is -0.599. The number of halogens is 2. The summed E-state index contributed by atoms with van der Waals surface area (Å²) in [5.74, 6) is -0.706. The molecule has 1 amide bonds. The Kier molecular flexibility index (Phi) is 3.10. The SMILES string of the molecule is Nc1c(C(=O)Nc2ccc(Cl)c(F)c2)n[nH]c1C1CC1. The zero-order valence-corrected chi connectivity index (χ0v) is 11.2. The van der Waals surface area contributed by atoms with Gasteiger partial charge >= 0.3 is 0 Å². The molecule has 0 radical (unpaired) electrons. The van der Waals surface area contributed by atoms with Crippen molar-refractivity contribution in [3.63, 3.8) is 0 Å². The first kappa shape index (κ1) is 12.9. The van der Waals surface area contributed by atoms with Crippen LogP contribution in [0.1, 0.15) is 34.9 Å². The molecule has 20 heavy (non-hydrogen) atoms. The van der Waals surface area contributed by atoms with Gasteiger partial charge in [0.2, 0.25) is 0 Å². The number of aromatic nitrogens is 2. The second-order valence-electron chi connectivity index (χ2n) is 4.76. The minimum Gasteiger partial charge on any atom is -0.395 e. The van der Waals surface area contributed by atoms with Crippen LogP contribution < -0.4 is 11.1 Å². The van der Waals surface area contributed by atoms with E-state index in [1.54, 1.807) is 0 Å². The number of aromatic amines is 1. The second-order valence-corrected chi connectivity index (χ2v) is 5.16. The molecule has 1 aliphatic rings. The van der Waals surface area contributed by atoms with Crippen LogP contribution in [0, 0.1) is 5.82 Å². The molecule has 2 aromatic rings. The number of anilines is 2. The molecule has 1 heterocycles. The predicted molar refractivity (Wildman–Crippen MR) is 74.3 cm³/mol. The summed E-state index contributed by atoms with van der Waals surface area (Å²) in [6, 6.07) is 4.02. The van der Waals surface area contributed by atoms with Crippen LogP contribution in [0.3, 0.4) is 0 Å². The standard InChI is InChI=1S/C13H12ClFN4O/c14-8-4-3-7(5-9(8)15)17-13(20)12-10(16)11(18-19-12)6-1-2-6/h3-6H,1-2,16H2,(H,17,20)(H,18,19). The quantitative estimate of drug-likeness (QED) is 0.814. The lowest BCUT2D eigenvalue weighted by molar-refractivity contribution is 0.102. The summed E-state index contributed by atoms with van der Waals surface area (Å²) < 4.78 is 13.3. The van der Waals surface area contributed by atoms with Crippen LogP contribution >= 0.6 is 11.6 Å². The summed E-state index contributed by atoms with van der Waals surface area (Å²) in [6.07, 6.45) is 2.10. The lowest BCUT2D eigenvalue weighted by Crippen LogP contribution is -2.14. The molecule has 1 saturated carbocycles. The van der Waals surface area contributed by atoms with Crippen LogP contribution in [-0.2, 0) is 0 Å². The Balaban J connectivity index is 1.80. The maximum Gasteiger partial charge on any atom is 0.278 e. The fourth-order valence-electron chi connectivity index (χ4n) is 1.98. The van der Waals surface area contributed by atoms with Gasteiger partial charge in [-0.05, 0) is 31.0 Å². The molecule has 5 nitrogen and oxygen atoms in total. The number of nitrogens with zero attached hydrogens (tertiary/aromatic N) is 1. The third kappa shape index (κ3) is 2.34. The monoisotopic (exact) mass is 294 g/mol. The highest BCUT2D eigenvalue weighted by Gasteiger charge is 2.30. The van der Waals surface area contributed by atoms with Gasteiger partial charge in [-0.1, -0.05) is 11.6 Å². The topological polar surface area (TPSA) is 83.8 Å². The molecule has 104 valence electrons. The van der Waals surface area contributed by atoms with Crippen molar-refractivity contribution in [3.05, 3.63) is 40.4 Å². The second kappa shape index (κ2) is 4.79. The summed E-state index contributed by atoms with van der Waals surface area (Å²) in [6.45, 7) is 0. The molecule has 0 unspecified atom stereocenters. The molecule has 1 aliphatic carbocycles. The van der Waals surface area contributed by atoms with E-state index in [1.807, 2.05) is 0 Å². The number of rotatable bonds is 3. The molecule has 1 aromatic carbocycles. The van der Waals surface area contributed by atoms with Crippen LogP contribution in [0.15, 0.2) is 18.2 Å². The highest BCUT2D eigenvalue weighted by molar-refractivity contribution is 6.30. The van der Waals surface area contributed by atoms with Crippen molar-refractivity contribution >= 4 is 28.9 Å². The first-order valence-electron chi connectivity index (χ1n) is 6.16. The number of carbonyl (C=O) groups is 1. The summed E-state index contributed by atoms with van der Waals surface area (Å²) in [4.78, 5) is 12.1. The van der Waals surface area contributed by atoms with Crippen LogP contribution in [-0.4, -0.2) is 16.1 Å². The fourth-order valence-corrected chi connectivity index (χ4v) is 2.10. The number of nitrogens with two attached hydrogens (primary N) is 1. The minimum absolute atomic E-state index is 0.00157. The molecular formula is C13H12ClFN4O. The van der Waals surface area contributed by atoms with E-state index in [1.165, 1.54) is 12.1 Å². The van der Waals surface area contributed by atoms with Gasteiger partial charge in [0.1, 0.15) is 5.82 Å². The van der Waals surface area contributed by atoms with E-state index >= 15 is 0 Å². The number of hydrogen-bond donors (Lipinski definition) is 3. The van der Waals surface area contributed by atoms with E-state index in [9.17, 15) is 9.18 Å². The van der Waals surface area contributed by atoms with Gasteiger partial charge < -0.3 is 11.1 Å². The number of H-pyrrole nitrogens is 1. The normalized spacial score (nSPS) is 14.3. The number of benzene rings is 1. The van der Waals surface area contributed by atoms with Crippen molar-refractivity contribution in [3.8, 4) is 0 Å². The van der Waals surface area contributed by atoms with Crippen LogP contribution in [0.5, 0.6) is 0 Å². The molecule has 3 rings (SSSR count). The molecule has 0 aliphatic heterocycles. The number of carbonyl (C=O) groups excluding carboxylic acids is 1. The van der Waals surface area contributed by atoms with Crippen molar-refractivity contribution in [2.75, 3.05) is 11.1 Å². The molecule has 4 N–H and O–H groups in total. The van der Waals surface area contributed by atoms with E-state index in [0.29, 0.717) is 17.3 Å². The molecular weight excluding hydrogens is 283 g/mol. The van der Waals surface area contributed by atoms with Crippen molar-refractivity contribution in [2.45, 2.75) is 18.8 Å². The van der Waals surface area contributed by atoms with Gasteiger partial charge in [0.05, 0.1) is 16.4 Å². The number of nitrogen functional groups attached to an aromatic ring is 1. The Hall–Kier alpha value is -2.08. The van der Waals surface area contributed by atoms with E-state index in [4.69, 9.17) is 17.3 Å². The summed E-state index contributed by atoms with van der Waals surface area (Å²) >= 11 is 5.58. The summed E-state index contributed by atoms with van der Waals surface area (Å²) in [7, 11) is 0. The van der Waals surface area contributed by atoms with Gasteiger partial charge in [-0.2, -0.15) is 5.10 Å². The first-order valence-corrected chi connectivity index (χ1v) is 6.54. The smallest absolute Gasteiger partial charge is 0.278 e. The maximum absolute atomic E-state index is 13.3. The average Bonchev–Trinajstić information content (AvgIpc) is 3.17. The zero-order valence-electron chi connectivity index (χ0n) is 10.4. The third-order valence-corrected chi connectivity index (χ3v) is 3.52. The van der Waals surface area contributed by atoms with Crippen molar-refractivity contribution < 1.29 is 9.18 Å². The Labute approximate surface area is 119 Å². The Morgan fingerprint density at radius 1 is 1.50 bits per heavy atom. The highest BCUT2D eigenvalue weighted by Crippen LogP contribution is 2.42. The molecule has 1 fully saturated rings. The van der Waals surface area contributed by atoms with Crippen LogP contribution in [0.4, 0.5) is 15.8 Å². The van der Waals surface area contributed by atoms with E-state index in [2.05, 4.69) is 15.5 Å². The van der Waals surface area contributed by atoms with Crippen molar-refractivity contribution in [2.24, 2.45) is 0 Å². The lowest BCUT2D eigenvalue weighted by atomic mass is 10.2. The van der Waals surface area contributed by atoms with Gasteiger partial charge in [-0.15, -0.1) is 0 Å². The predicted octanol–water partition coefficient (Wildman–Crippen LogP) is 2.91. The molecule has 7 heteroatoms. The largest absolute Gasteiger partial charge is 0.395 e. The number of hydrogen-bond acceptors (Lipinski definition) is 3. The van der Waals surface area contributed by atoms with Gasteiger partial charge in [-0.25, -0.2) is 4.39 Å². The third-order valence-electron chi connectivity index (χ3n) is 3.21. The number of amides is 1. The van der Waals surface area contributed by atoms with Gasteiger partial charge in [0, 0.05) is 11.6 Å². The number of nitrogens with one attached hydrogen (secondary N) is 2. The molecule has 1 aromatic heterocycles. The molecule has 0 spiro atoms. The van der Waals surface area contributed by atoms with E-state index in [0.717, 1.165) is 24.6 Å². The summed E-state index contributed by atoms with van der Waals surface area (Å²) in [5, 5.41) is 9.26. The molecule has 0 saturated heterocycles. The Morgan fingerprint density at radius 2 is 2.25 bits per heavy atom. The lowest BCUT2D eigenvalue weighted by Gasteiger charge is -2.04. The Morgan fingerprint density at radius 3 is 2.90 bits per heavy atom. The zero-order chi connectivity index (χ0) is 14.3. The average molecular weight is 295 g/mol. The first-order chi connectivity index (χ1) is 9.56. The molecule has 0 atom stereocenters. The van der Waals surface area contributed by atoms with Crippen LogP contribution in [0.2, 0.25) is 5.02 Å². The highest BCUT2D eigenvalue weighted by atomic mass is 35.5. The van der Waals surface area contributed by atoms with Crippen molar-refractivity contribution in [1.29, 1.82) is 0 Å².